The minimum Gasteiger partial charge on any atom is -0.395 e. The largest absolute Gasteiger partial charge is 0.395 e. The average molecular weight is 251 g/mol. The summed E-state index contributed by atoms with van der Waals surface area (Å²) in [6.45, 7) is 1.92. The lowest BCUT2D eigenvalue weighted by Crippen LogP contribution is -2.09. The van der Waals surface area contributed by atoms with Gasteiger partial charge in [-0.3, -0.25) is 0 Å². The smallest absolute Gasteiger partial charge is 0.147 e. The van der Waals surface area contributed by atoms with E-state index in [-0.39, 0.29) is 10.7 Å². The lowest BCUT2D eigenvalue weighted by Gasteiger charge is -2.09. The van der Waals surface area contributed by atoms with Crippen LogP contribution in [-0.2, 0) is 11.0 Å². The van der Waals surface area contributed by atoms with Gasteiger partial charge in [-0.25, -0.2) is 8.60 Å². The first-order chi connectivity index (χ1) is 7.06. The van der Waals surface area contributed by atoms with Crippen molar-refractivity contribution in [3.63, 3.8) is 0 Å². The Balaban J connectivity index is 2.87. The summed E-state index contributed by atoms with van der Waals surface area (Å²) in [4.78, 5) is 0. The Morgan fingerprint density at radius 1 is 1.60 bits per heavy atom. The number of halogens is 2. The van der Waals surface area contributed by atoms with E-state index in [2.05, 4.69) is 4.72 Å². The number of anilines is 2. The molecular weight excluding hydrogens is 239 g/mol. The van der Waals surface area contributed by atoms with Crippen molar-refractivity contribution in [1.29, 1.82) is 0 Å². The molecule has 1 atom stereocenters. The summed E-state index contributed by atoms with van der Waals surface area (Å²) in [6, 6.07) is 2.61. The van der Waals surface area contributed by atoms with E-state index < -0.39 is 16.8 Å². The number of benzene rings is 1. The standard InChI is InChI=1S/C9H12ClFN2OS/c1-2-5-15(14)13-7-4-3-6(11)9(12)8(7)10/h3-4,13H,2,5,12H2,1H3. The van der Waals surface area contributed by atoms with Crippen LogP contribution in [0, 0.1) is 5.82 Å². The second-order valence-electron chi connectivity index (χ2n) is 2.97. The van der Waals surface area contributed by atoms with E-state index in [9.17, 15) is 8.60 Å². The van der Waals surface area contributed by atoms with Crippen LogP contribution in [0.5, 0.6) is 0 Å². The molecule has 84 valence electrons. The number of hydrogen-bond acceptors (Lipinski definition) is 2. The Hall–Kier alpha value is -0.810. The van der Waals surface area contributed by atoms with Gasteiger partial charge in [0, 0.05) is 5.75 Å². The Bertz CT molecular complexity index is 387. The third-order valence-electron chi connectivity index (χ3n) is 1.74. The third kappa shape index (κ3) is 3.07. The maximum absolute atomic E-state index is 12.9. The molecule has 0 spiro atoms. The molecular formula is C9H12ClFN2OS. The quantitative estimate of drug-likeness (QED) is 0.807. The molecule has 0 saturated carbocycles. The maximum Gasteiger partial charge on any atom is 0.147 e. The van der Waals surface area contributed by atoms with Crippen molar-refractivity contribution in [3.8, 4) is 0 Å². The fourth-order valence-corrected chi connectivity index (χ4v) is 2.15. The highest BCUT2D eigenvalue weighted by Gasteiger charge is 2.10. The van der Waals surface area contributed by atoms with Gasteiger partial charge in [0.05, 0.1) is 16.4 Å². The van der Waals surface area contributed by atoms with Crippen LogP contribution in [0.15, 0.2) is 12.1 Å². The van der Waals surface area contributed by atoms with Crippen molar-refractivity contribution in [1.82, 2.24) is 0 Å². The zero-order chi connectivity index (χ0) is 11.4. The van der Waals surface area contributed by atoms with Crippen LogP contribution in [0.3, 0.4) is 0 Å². The van der Waals surface area contributed by atoms with Crippen LogP contribution in [0.2, 0.25) is 5.02 Å². The highest BCUT2D eigenvalue weighted by Crippen LogP contribution is 2.30. The molecule has 3 nitrogen and oxygen atoms in total. The maximum atomic E-state index is 12.9. The summed E-state index contributed by atoms with van der Waals surface area (Å²) in [5.41, 5.74) is 5.65. The molecule has 0 aliphatic heterocycles. The molecule has 0 amide bonds. The number of nitrogen functional groups attached to an aromatic ring is 1. The molecule has 0 aliphatic carbocycles. The van der Waals surface area contributed by atoms with E-state index in [1.807, 2.05) is 6.92 Å². The topological polar surface area (TPSA) is 55.1 Å². The summed E-state index contributed by atoms with van der Waals surface area (Å²) in [5, 5.41) is 0.0689. The summed E-state index contributed by atoms with van der Waals surface area (Å²) < 4.78 is 27.0. The molecule has 1 aromatic rings. The van der Waals surface area contributed by atoms with Crippen LogP contribution in [-0.4, -0.2) is 9.96 Å². The van der Waals surface area contributed by atoms with Gasteiger partial charge in [-0.05, 0) is 18.6 Å². The zero-order valence-corrected chi connectivity index (χ0v) is 9.79. The van der Waals surface area contributed by atoms with Crippen LogP contribution < -0.4 is 10.5 Å². The minimum absolute atomic E-state index is 0.0689. The lowest BCUT2D eigenvalue weighted by molar-refractivity contribution is 0.633. The second kappa shape index (κ2) is 5.32. The van der Waals surface area contributed by atoms with Gasteiger partial charge in [-0.2, -0.15) is 0 Å². The van der Waals surface area contributed by atoms with Gasteiger partial charge in [0.1, 0.15) is 16.8 Å². The van der Waals surface area contributed by atoms with Gasteiger partial charge in [0.2, 0.25) is 0 Å². The van der Waals surface area contributed by atoms with Crippen molar-refractivity contribution >= 4 is 34.0 Å². The minimum atomic E-state index is -1.21. The fourth-order valence-electron chi connectivity index (χ4n) is 1.01. The Morgan fingerprint density at radius 2 is 2.27 bits per heavy atom. The van der Waals surface area contributed by atoms with Gasteiger partial charge in [0.15, 0.2) is 0 Å². The number of nitrogens with two attached hydrogens (primary N) is 1. The van der Waals surface area contributed by atoms with Crippen LogP contribution >= 0.6 is 11.6 Å². The number of rotatable bonds is 4. The van der Waals surface area contributed by atoms with Gasteiger partial charge in [0.25, 0.3) is 0 Å². The number of nitrogens with one attached hydrogen (secondary N) is 1. The van der Waals surface area contributed by atoms with E-state index in [4.69, 9.17) is 17.3 Å². The lowest BCUT2D eigenvalue weighted by atomic mass is 10.3. The van der Waals surface area contributed by atoms with E-state index in [1.165, 1.54) is 12.1 Å². The SMILES string of the molecule is CCCS(=O)Nc1ccc(F)c(N)c1Cl. The average Bonchev–Trinajstić information content (AvgIpc) is 2.20. The van der Waals surface area contributed by atoms with Gasteiger partial charge < -0.3 is 10.5 Å². The molecule has 0 aliphatic rings. The van der Waals surface area contributed by atoms with Crippen molar-refractivity contribution in [3.05, 3.63) is 23.0 Å². The van der Waals surface area contributed by atoms with Crippen LogP contribution in [0.4, 0.5) is 15.8 Å². The Morgan fingerprint density at radius 3 is 2.87 bits per heavy atom. The Labute approximate surface area is 95.4 Å². The van der Waals surface area contributed by atoms with Crippen molar-refractivity contribution in [2.45, 2.75) is 13.3 Å². The van der Waals surface area contributed by atoms with Crippen molar-refractivity contribution < 1.29 is 8.60 Å². The summed E-state index contributed by atoms with van der Waals surface area (Å²) >= 11 is 5.78. The molecule has 3 N–H and O–H groups in total. The predicted molar refractivity (Wildman–Crippen MR) is 62.7 cm³/mol. The second-order valence-corrected chi connectivity index (χ2v) is 4.66. The summed E-state index contributed by atoms with van der Waals surface area (Å²) in [7, 11) is -1.21. The molecule has 0 aromatic heterocycles. The van der Waals surface area contributed by atoms with Crippen molar-refractivity contribution in [2.24, 2.45) is 0 Å². The molecule has 1 rings (SSSR count). The first kappa shape index (κ1) is 12.3. The van der Waals surface area contributed by atoms with Gasteiger partial charge in [-0.15, -0.1) is 0 Å². The molecule has 0 radical (unpaired) electrons. The first-order valence-electron chi connectivity index (χ1n) is 4.44. The molecule has 0 fully saturated rings. The Kier molecular flexibility index (Phi) is 4.35. The van der Waals surface area contributed by atoms with Crippen molar-refractivity contribution in [2.75, 3.05) is 16.2 Å². The van der Waals surface area contributed by atoms with E-state index >= 15 is 0 Å². The molecule has 6 heteroatoms. The normalized spacial score (nSPS) is 12.5. The van der Waals surface area contributed by atoms with E-state index in [1.54, 1.807) is 0 Å². The summed E-state index contributed by atoms with van der Waals surface area (Å²) in [6.07, 6.45) is 0.786. The fraction of sp³-hybridized carbons (Fsp3) is 0.333. The molecule has 0 bridgehead atoms. The molecule has 0 saturated heterocycles. The third-order valence-corrected chi connectivity index (χ3v) is 3.37. The monoisotopic (exact) mass is 250 g/mol. The zero-order valence-electron chi connectivity index (χ0n) is 8.22. The van der Waals surface area contributed by atoms with E-state index in [0.29, 0.717) is 11.4 Å². The molecule has 1 aromatic carbocycles. The van der Waals surface area contributed by atoms with Gasteiger partial charge >= 0.3 is 0 Å². The number of hydrogen-bond donors (Lipinski definition) is 2. The molecule has 15 heavy (non-hydrogen) atoms. The molecule has 0 heterocycles. The highest BCUT2D eigenvalue weighted by molar-refractivity contribution is 7.86. The predicted octanol–water partition coefficient (Wildman–Crippen LogP) is 2.55. The van der Waals surface area contributed by atoms with E-state index in [0.717, 1.165) is 6.42 Å². The summed E-state index contributed by atoms with van der Waals surface area (Å²) in [5.74, 6) is -0.0695. The van der Waals surface area contributed by atoms with Crippen LogP contribution in [0.25, 0.3) is 0 Å². The highest BCUT2D eigenvalue weighted by atomic mass is 35.5. The first-order valence-corrected chi connectivity index (χ1v) is 6.14. The molecule has 1 unspecified atom stereocenters. The van der Waals surface area contributed by atoms with Gasteiger partial charge in [-0.1, -0.05) is 18.5 Å². The van der Waals surface area contributed by atoms with Crippen LogP contribution in [0.1, 0.15) is 13.3 Å².